The largest absolute Gasteiger partial charge is 0.389 e. The second-order valence-electron chi connectivity index (χ2n) is 8.58. The van der Waals surface area contributed by atoms with Gasteiger partial charge in [0.2, 0.25) is 0 Å². The van der Waals surface area contributed by atoms with Crippen LogP contribution in [-0.4, -0.2) is 11.2 Å². The van der Waals surface area contributed by atoms with Crippen LogP contribution in [0.5, 0.6) is 0 Å². The minimum atomic E-state index is -0.199. The first-order valence-electron chi connectivity index (χ1n) is 9.05. The Morgan fingerprint density at radius 3 is 2.68 bits per heavy atom. The molecule has 0 bridgehead atoms. The predicted molar refractivity (Wildman–Crippen MR) is 90.0 cm³/mol. The molecule has 22 heavy (non-hydrogen) atoms. The van der Waals surface area contributed by atoms with Crippen molar-refractivity contribution < 1.29 is 5.11 Å². The van der Waals surface area contributed by atoms with E-state index in [1.54, 1.807) is 5.57 Å². The minimum absolute atomic E-state index is 0.199. The average Bonchev–Trinajstić information content (AvgIpc) is 2.84. The maximum absolute atomic E-state index is 10.0. The van der Waals surface area contributed by atoms with E-state index >= 15 is 0 Å². The van der Waals surface area contributed by atoms with Crippen LogP contribution in [0.25, 0.3) is 0 Å². The van der Waals surface area contributed by atoms with Crippen LogP contribution < -0.4 is 0 Å². The summed E-state index contributed by atoms with van der Waals surface area (Å²) in [6.07, 6.45) is 18.5. The summed E-state index contributed by atoms with van der Waals surface area (Å²) in [6.45, 7) is 4.90. The van der Waals surface area contributed by atoms with E-state index < -0.39 is 0 Å². The first kappa shape index (κ1) is 14.6. The molecule has 2 unspecified atom stereocenters. The number of fused-ring (bicyclic) bond motifs is 5. The fourth-order valence-corrected chi connectivity index (χ4v) is 6.50. The second-order valence-corrected chi connectivity index (χ2v) is 8.58. The van der Waals surface area contributed by atoms with Crippen LogP contribution in [0.15, 0.2) is 23.3 Å². The van der Waals surface area contributed by atoms with E-state index in [9.17, 15) is 5.11 Å². The van der Waals surface area contributed by atoms with Crippen molar-refractivity contribution in [2.45, 2.75) is 64.9 Å². The van der Waals surface area contributed by atoms with Crippen molar-refractivity contribution in [3.8, 4) is 12.3 Å². The maximum atomic E-state index is 10.0. The monoisotopic (exact) mass is 296 g/mol. The lowest BCUT2D eigenvalue weighted by Crippen LogP contribution is -2.50. The molecular weight excluding hydrogens is 268 g/mol. The van der Waals surface area contributed by atoms with E-state index in [0.29, 0.717) is 5.41 Å². The van der Waals surface area contributed by atoms with Gasteiger partial charge in [0, 0.05) is 11.0 Å². The third kappa shape index (κ3) is 1.77. The zero-order chi connectivity index (χ0) is 15.5. The van der Waals surface area contributed by atoms with Crippen LogP contribution in [0.2, 0.25) is 0 Å². The molecule has 4 aliphatic rings. The van der Waals surface area contributed by atoms with Crippen molar-refractivity contribution in [2.24, 2.45) is 28.6 Å². The van der Waals surface area contributed by atoms with Gasteiger partial charge in [-0.3, -0.25) is 0 Å². The molecule has 0 saturated heterocycles. The van der Waals surface area contributed by atoms with Crippen molar-refractivity contribution >= 4 is 0 Å². The fraction of sp³-hybridized carbons (Fsp3) is 0.714. The van der Waals surface area contributed by atoms with Gasteiger partial charge in [-0.05, 0) is 68.1 Å². The van der Waals surface area contributed by atoms with Gasteiger partial charge in [-0.25, -0.2) is 0 Å². The molecule has 0 aromatic heterocycles. The molecule has 2 saturated carbocycles. The Hall–Kier alpha value is -1.00. The number of aliphatic hydroxyl groups excluding tert-OH is 1. The van der Waals surface area contributed by atoms with Crippen molar-refractivity contribution in [2.75, 3.05) is 0 Å². The van der Waals surface area contributed by atoms with Gasteiger partial charge in [-0.2, -0.15) is 0 Å². The summed E-state index contributed by atoms with van der Waals surface area (Å²) in [5.74, 6) is 5.35. The lowest BCUT2D eigenvalue weighted by molar-refractivity contribution is -0.0328. The summed E-state index contributed by atoms with van der Waals surface area (Å²) < 4.78 is 0. The third-order valence-electron chi connectivity index (χ3n) is 7.83. The van der Waals surface area contributed by atoms with Crippen molar-refractivity contribution in [3.63, 3.8) is 0 Å². The minimum Gasteiger partial charge on any atom is -0.389 e. The lowest BCUT2D eigenvalue weighted by Gasteiger charge is -2.58. The van der Waals surface area contributed by atoms with E-state index in [0.717, 1.165) is 24.2 Å². The third-order valence-corrected chi connectivity index (χ3v) is 7.83. The highest BCUT2D eigenvalue weighted by molar-refractivity contribution is 5.39. The highest BCUT2D eigenvalue weighted by atomic mass is 16.3. The van der Waals surface area contributed by atoms with Gasteiger partial charge in [0.1, 0.15) is 0 Å². The number of hydrogen-bond donors (Lipinski definition) is 1. The normalized spacial score (nSPS) is 50.1. The Labute approximate surface area is 134 Å². The van der Waals surface area contributed by atoms with E-state index in [1.807, 2.05) is 0 Å². The first-order chi connectivity index (χ1) is 10.5. The summed E-state index contributed by atoms with van der Waals surface area (Å²) in [4.78, 5) is 0. The summed E-state index contributed by atoms with van der Waals surface area (Å²) in [5, 5.41) is 10.0. The highest BCUT2D eigenvalue weighted by Crippen LogP contribution is 2.65. The lowest BCUT2D eigenvalue weighted by atomic mass is 9.47. The molecule has 4 aliphatic carbocycles. The van der Waals surface area contributed by atoms with Gasteiger partial charge in [0.25, 0.3) is 0 Å². The molecule has 1 heteroatoms. The fourth-order valence-electron chi connectivity index (χ4n) is 6.50. The van der Waals surface area contributed by atoms with Gasteiger partial charge in [-0.15, -0.1) is 6.42 Å². The zero-order valence-corrected chi connectivity index (χ0v) is 13.9. The van der Waals surface area contributed by atoms with Crippen LogP contribution in [-0.2, 0) is 0 Å². The molecule has 0 radical (unpaired) electrons. The van der Waals surface area contributed by atoms with E-state index in [2.05, 4.69) is 31.9 Å². The number of aliphatic hydroxyl groups is 1. The number of terminal acetylenes is 1. The van der Waals surface area contributed by atoms with Gasteiger partial charge in [-0.1, -0.05) is 37.5 Å². The number of allylic oxidation sites excluding steroid dienone is 3. The molecule has 6 atom stereocenters. The molecule has 0 aromatic rings. The molecule has 4 rings (SSSR count). The highest BCUT2D eigenvalue weighted by Gasteiger charge is 2.56. The Kier molecular flexibility index (Phi) is 3.15. The predicted octanol–water partition coefficient (Wildman–Crippen LogP) is 4.48. The molecule has 0 aliphatic heterocycles. The van der Waals surface area contributed by atoms with Gasteiger partial charge in [0.05, 0.1) is 6.10 Å². The smallest absolute Gasteiger partial charge is 0.0724 e. The standard InChI is InChI=1S/C21H28O/c1-4-14-6-8-18-17-7-5-15-13-16(22)9-11-21(15,3)19(17)10-12-20(14,18)2/h1,6,13,16-19,22H,5,7-12H2,2-3H3/t16?,17-,18+,19+,20?,21-/m0/s1. The molecule has 0 amide bonds. The van der Waals surface area contributed by atoms with Crippen LogP contribution in [0.1, 0.15) is 58.8 Å². The second kappa shape index (κ2) is 4.75. The first-order valence-corrected chi connectivity index (χ1v) is 9.05. The van der Waals surface area contributed by atoms with Gasteiger partial charge >= 0.3 is 0 Å². The average molecular weight is 296 g/mol. The van der Waals surface area contributed by atoms with Gasteiger partial charge in [0.15, 0.2) is 0 Å². The molecule has 2 fully saturated rings. The van der Waals surface area contributed by atoms with E-state index in [1.165, 1.54) is 44.1 Å². The molecule has 1 nitrogen and oxygen atoms in total. The van der Waals surface area contributed by atoms with E-state index in [-0.39, 0.29) is 11.5 Å². The van der Waals surface area contributed by atoms with Crippen LogP contribution in [0, 0.1) is 40.9 Å². The SMILES string of the molecule is C#CC1=CC[C@@H]2[C@@H]3CCC4=CC(O)CC[C@]4(C)[C@@H]3CCC12C. The Morgan fingerprint density at radius 2 is 1.91 bits per heavy atom. The van der Waals surface area contributed by atoms with Crippen LogP contribution >= 0.6 is 0 Å². The van der Waals surface area contributed by atoms with Crippen molar-refractivity contribution in [1.82, 2.24) is 0 Å². The summed E-state index contributed by atoms with van der Waals surface area (Å²) in [6, 6.07) is 0. The summed E-state index contributed by atoms with van der Waals surface area (Å²) in [5.41, 5.74) is 3.44. The molecular formula is C21H28O. The van der Waals surface area contributed by atoms with Crippen molar-refractivity contribution in [1.29, 1.82) is 0 Å². The Morgan fingerprint density at radius 1 is 1.14 bits per heavy atom. The molecule has 0 heterocycles. The van der Waals surface area contributed by atoms with Crippen molar-refractivity contribution in [3.05, 3.63) is 23.3 Å². The Bertz CT molecular complexity index is 592. The molecule has 1 N–H and O–H groups in total. The topological polar surface area (TPSA) is 20.2 Å². The molecule has 0 spiro atoms. The maximum Gasteiger partial charge on any atom is 0.0724 e. The van der Waals surface area contributed by atoms with E-state index in [4.69, 9.17) is 6.42 Å². The summed E-state index contributed by atoms with van der Waals surface area (Å²) in [7, 11) is 0. The van der Waals surface area contributed by atoms with Crippen LogP contribution in [0.3, 0.4) is 0 Å². The Balaban J connectivity index is 1.68. The number of hydrogen-bond acceptors (Lipinski definition) is 1. The molecule has 118 valence electrons. The van der Waals surface area contributed by atoms with Crippen LogP contribution in [0.4, 0.5) is 0 Å². The number of rotatable bonds is 0. The molecule has 0 aromatic carbocycles. The quantitative estimate of drug-likeness (QED) is 0.516. The van der Waals surface area contributed by atoms with Gasteiger partial charge < -0.3 is 5.11 Å². The summed E-state index contributed by atoms with van der Waals surface area (Å²) >= 11 is 0. The zero-order valence-electron chi connectivity index (χ0n) is 13.9.